The third kappa shape index (κ3) is 10.7. The first-order valence-electron chi connectivity index (χ1n) is 11.6. The minimum absolute atomic E-state index is 0.177. The lowest BCUT2D eigenvalue weighted by molar-refractivity contribution is -0.134. The van der Waals surface area contributed by atoms with Gasteiger partial charge in [-0.2, -0.15) is 10.2 Å². The molecule has 2 aromatic rings. The van der Waals surface area contributed by atoms with Crippen LogP contribution in [-0.2, 0) is 11.2 Å². The molecule has 0 aliphatic rings. The van der Waals surface area contributed by atoms with Crippen molar-refractivity contribution in [3.63, 3.8) is 0 Å². The first-order chi connectivity index (χ1) is 15.2. The Kier molecular flexibility index (Phi) is 12.0. The number of aryl methyl sites for hydroxylation is 1. The number of allylic oxidation sites excluding steroid dienone is 1. The number of esters is 1. The predicted octanol–water partition coefficient (Wildman–Crippen LogP) is 8.66. The van der Waals surface area contributed by atoms with Gasteiger partial charge in [0.1, 0.15) is 5.75 Å². The van der Waals surface area contributed by atoms with Gasteiger partial charge in [-0.25, -0.2) is 0 Å². The monoisotopic (exact) mass is 420 g/mol. The SMILES string of the molecule is C=CCCCCCCCCC(=O)Oc1ccc(N=Nc2ccc(CCCC)cc2)cc1. The van der Waals surface area contributed by atoms with Gasteiger partial charge in [0.15, 0.2) is 0 Å². The van der Waals surface area contributed by atoms with E-state index in [9.17, 15) is 4.79 Å². The van der Waals surface area contributed by atoms with Crippen molar-refractivity contribution in [2.75, 3.05) is 0 Å². The third-order valence-electron chi connectivity index (χ3n) is 5.14. The smallest absolute Gasteiger partial charge is 0.311 e. The van der Waals surface area contributed by atoms with Gasteiger partial charge in [0.05, 0.1) is 11.4 Å². The number of hydrogen-bond acceptors (Lipinski definition) is 4. The van der Waals surface area contributed by atoms with Crippen molar-refractivity contribution in [1.29, 1.82) is 0 Å². The van der Waals surface area contributed by atoms with Gasteiger partial charge < -0.3 is 4.74 Å². The summed E-state index contributed by atoms with van der Waals surface area (Å²) in [7, 11) is 0. The van der Waals surface area contributed by atoms with E-state index in [1.165, 1.54) is 44.1 Å². The van der Waals surface area contributed by atoms with Crippen molar-refractivity contribution in [2.45, 2.75) is 77.6 Å². The van der Waals surface area contributed by atoms with Crippen molar-refractivity contribution in [3.05, 3.63) is 66.7 Å². The zero-order chi connectivity index (χ0) is 22.2. The van der Waals surface area contributed by atoms with Crippen LogP contribution in [0.1, 0.15) is 76.7 Å². The van der Waals surface area contributed by atoms with Gasteiger partial charge >= 0.3 is 5.97 Å². The summed E-state index contributed by atoms with van der Waals surface area (Å²) < 4.78 is 5.41. The van der Waals surface area contributed by atoms with Gasteiger partial charge in [-0.1, -0.05) is 57.2 Å². The maximum Gasteiger partial charge on any atom is 0.311 e. The van der Waals surface area contributed by atoms with E-state index in [1.807, 2.05) is 30.3 Å². The minimum atomic E-state index is -0.177. The van der Waals surface area contributed by atoms with Crippen LogP contribution in [0.3, 0.4) is 0 Å². The molecule has 2 aromatic carbocycles. The molecule has 0 saturated carbocycles. The molecular weight excluding hydrogens is 384 g/mol. The largest absolute Gasteiger partial charge is 0.427 e. The van der Waals surface area contributed by atoms with Crippen LogP contribution in [0.15, 0.2) is 71.4 Å². The fourth-order valence-electron chi connectivity index (χ4n) is 3.25. The van der Waals surface area contributed by atoms with E-state index in [4.69, 9.17) is 4.74 Å². The Morgan fingerprint density at radius 2 is 1.42 bits per heavy atom. The fraction of sp³-hybridized carbons (Fsp3) is 0.444. The van der Waals surface area contributed by atoms with Crippen molar-refractivity contribution in [1.82, 2.24) is 0 Å². The molecule has 4 nitrogen and oxygen atoms in total. The summed E-state index contributed by atoms with van der Waals surface area (Å²) in [5.74, 6) is 0.373. The zero-order valence-electron chi connectivity index (χ0n) is 18.9. The molecule has 0 aliphatic carbocycles. The van der Waals surface area contributed by atoms with Gasteiger partial charge in [0, 0.05) is 6.42 Å². The van der Waals surface area contributed by atoms with Crippen LogP contribution in [-0.4, -0.2) is 5.97 Å². The first-order valence-corrected chi connectivity index (χ1v) is 11.6. The molecule has 0 aliphatic heterocycles. The maximum atomic E-state index is 12.0. The van der Waals surface area contributed by atoms with Gasteiger partial charge in [0.25, 0.3) is 0 Å². The number of unbranched alkanes of at least 4 members (excludes halogenated alkanes) is 7. The average Bonchev–Trinajstić information content (AvgIpc) is 2.79. The summed E-state index contributed by atoms with van der Waals surface area (Å²) in [4.78, 5) is 12.0. The quantitative estimate of drug-likeness (QED) is 0.0951. The number of azo groups is 1. The van der Waals surface area contributed by atoms with Crippen molar-refractivity contribution < 1.29 is 9.53 Å². The highest BCUT2D eigenvalue weighted by Crippen LogP contribution is 2.22. The number of nitrogens with zero attached hydrogens (tertiary/aromatic N) is 2. The highest BCUT2D eigenvalue weighted by Gasteiger charge is 2.05. The Morgan fingerprint density at radius 1 is 0.839 bits per heavy atom. The molecule has 166 valence electrons. The molecule has 0 N–H and O–H groups in total. The number of hydrogen-bond donors (Lipinski definition) is 0. The molecule has 0 spiro atoms. The van der Waals surface area contributed by atoms with Crippen LogP contribution in [0.5, 0.6) is 5.75 Å². The minimum Gasteiger partial charge on any atom is -0.427 e. The Balaban J connectivity index is 1.68. The number of benzene rings is 2. The summed E-state index contributed by atoms with van der Waals surface area (Å²) in [6.07, 6.45) is 13.8. The van der Waals surface area contributed by atoms with E-state index in [0.29, 0.717) is 12.2 Å². The van der Waals surface area contributed by atoms with Crippen LogP contribution in [0.2, 0.25) is 0 Å². The molecule has 0 aromatic heterocycles. The van der Waals surface area contributed by atoms with E-state index in [-0.39, 0.29) is 5.97 Å². The molecule has 4 heteroatoms. The van der Waals surface area contributed by atoms with E-state index in [2.05, 4.69) is 35.9 Å². The molecule has 31 heavy (non-hydrogen) atoms. The third-order valence-corrected chi connectivity index (χ3v) is 5.14. The molecule has 0 bridgehead atoms. The number of carbonyl (C=O) groups is 1. The lowest BCUT2D eigenvalue weighted by Crippen LogP contribution is -2.07. The topological polar surface area (TPSA) is 51.0 Å². The van der Waals surface area contributed by atoms with Crippen molar-refractivity contribution in [3.8, 4) is 5.75 Å². The van der Waals surface area contributed by atoms with Crippen LogP contribution in [0.4, 0.5) is 11.4 Å². The van der Waals surface area contributed by atoms with E-state index in [0.717, 1.165) is 37.1 Å². The average molecular weight is 421 g/mol. The van der Waals surface area contributed by atoms with Crippen LogP contribution < -0.4 is 4.74 Å². The number of carbonyl (C=O) groups excluding carboxylic acids is 1. The van der Waals surface area contributed by atoms with E-state index < -0.39 is 0 Å². The molecule has 0 fully saturated rings. The Bertz CT molecular complexity index is 795. The van der Waals surface area contributed by atoms with Gasteiger partial charge in [-0.05, 0) is 74.1 Å². The number of rotatable bonds is 15. The molecule has 0 saturated heterocycles. The summed E-state index contributed by atoms with van der Waals surface area (Å²) in [5.41, 5.74) is 2.89. The van der Waals surface area contributed by atoms with Crippen LogP contribution >= 0.6 is 0 Å². The summed E-state index contributed by atoms with van der Waals surface area (Å²) in [6.45, 7) is 5.94. The normalized spacial score (nSPS) is 11.0. The maximum absolute atomic E-state index is 12.0. The Morgan fingerprint density at radius 3 is 2.03 bits per heavy atom. The molecule has 0 unspecified atom stereocenters. The summed E-state index contributed by atoms with van der Waals surface area (Å²) in [6, 6.07) is 15.3. The highest BCUT2D eigenvalue weighted by atomic mass is 16.5. The lowest BCUT2D eigenvalue weighted by atomic mass is 10.1. The highest BCUT2D eigenvalue weighted by molar-refractivity contribution is 5.72. The molecule has 0 atom stereocenters. The molecule has 0 radical (unpaired) electrons. The molecule has 0 amide bonds. The second-order valence-corrected chi connectivity index (χ2v) is 7.89. The molecule has 2 rings (SSSR count). The fourth-order valence-corrected chi connectivity index (χ4v) is 3.25. The first kappa shape index (κ1) is 24.5. The standard InChI is InChI=1S/C27H36N2O2/c1-3-5-7-8-9-10-11-12-14-27(30)31-26-21-19-25(20-22-26)29-28-24-17-15-23(16-18-24)13-6-4-2/h3,15-22H,1,4-14H2,2H3. The number of ether oxygens (including phenoxy) is 1. The second kappa shape index (κ2) is 15.1. The lowest BCUT2D eigenvalue weighted by Gasteiger charge is -2.05. The van der Waals surface area contributed by atoms with Crippen LogP contribution in [0, 0.1) is 0 Å². The van der Waals surface area contributed by atoms with E-state index >= 15 is 0 Å². The Labute approximate surface area is 187 Å². The predicted molar refractivity (Wildman–Crippen MR) is 128 cm³/mol. The summed E-state index contributed by atoms with van der Waals surface area (Å²) in [5, 5.41) is 8.55. The molecular formula is C27H36N2O2. The van der Waals surface area contributed by atoms with Gasteiger partial charge in [0.2, 0.25) is 0 Å². The van der Waals surface area contributed by atoms with Crippen molar-refractivity contribution >= 4 is 17.3 Å². The van der Waals surface area contributed by atoms with Gasteiger partial charge in [-0.15, -0.1) is 6.58 Å². The van der Waals surface area contributed by atoms with Crippen LogP contribution in [0.25, 0.3) is 0 Å². The summed E-state index contributed by atoms with van der Waals surface area (Å²) >= 11 is 0. The second-order valence-electron chi connectivity index (χ2n) is 7.89. The zero-order valence-corrected chi connectivity index (χ0v) is 18.9. The van der Waals surface area contributed by atoms with Crippen molar-refractivity contribution in [2.24, 2.45) is 10.2 Å². The molecule has 0 heterocycles. The van der Waals surface area contributed by atoms with Gasteiger partial charge in [-0.3, -0.25) is 4.79 Å². The van der Waals surface area contributed by atoms with E-state index in [1.54, 1.807) is 12.1 Å². The Hall–Kier alpha value is -2.75.